The van der Waals surface area contributed by atoms with Crippen molar-refractivity contribution in [3.63, 3.8) is 0 Å². The van der Waals surface area contributed by atoms with Gasteiger partial charge in [0.05, 0.1) is 0 Å². The summed E-state index contributed by atoms with van der Waals surface area (Å²) in [6.07, 6.45) is 8.40. The van der Waals surface area contributed by atoms with Gasteiger partial charge in [0.1, 0.15) is 0 Å². The van der Waals surface area contributed by atoms with Crippen molar-refractivity contribution in [1.82, 2.24) is 4.98 Å². The summed E-state index contributed by atoms with van der Waals surface area (Å²) in [7, 11) is -2.46. The zero-order valence-corrected chi connectivity index (χ0v) is 16.4. The van der Waals surface area contributed by atoms with Crippen LogP contribution in [0.4, 0.5) is 0 Å². The van der Waals surface area contributed by atoms with E-state index in [9.17, 15) is 0 Å². The van der Waals surface area contributed by atoms with Crippen LogP contribution in [-0.2, 0) is 0 Å². The van der Waals surface area contributed by atoms with Crippen LogP contribution in [0.2, 0.25) is 0 Å². The molecule has 6 rings (SSSR count). The smallest absolute Gasteiger partial charge is 0.289 e. The van der Waals surface area contributed by atoms with E-state index in [2.05, 4.69) is 65.6 Å². The minimum Gasteiger partial charge on any atom is -0.313 e. The Bertz CT molecular complexity index is 670. The summed E-state index contributed by atoms with van der Waals surface area (Å²) in [4.78, 5) is 4.17. The highest BCUT2D eigenvalue weighted by atomic mass is 35.6. The molecule has 4 fully saturated rings. The van der Waals surface area contributed by atoms with Crippen molar-refractivity contribution in [2.24, 2.45) is 17.8 Å². The van der Waals surface area contributed by atoms with Crippen molar-refractivity contribution >= 4 is 29.0 Å². The van der Waals surface area contributed by atoms with Gasteiger partial charge in [-0.2, -0.15) is 0 Å². The Hall–Kier alpha value is -1.09. The molecule has 0 atom stereocenters. The second kappa shape index (κ2) is 5.97. The molecule has 25 heavy (non-hydrogen) atoms. The van der Waals surface area contributed by atoms with E-state index in [-0.39, 0.29) is 5.54 Å². The lowest BCUT2D eigenvalue weighted by molar-refractivity contribution is -0.00896. The van der Waals surface area contributed by atoms with Crippen molar-refractivity contribution in [3.8, 4) is 0 Å². The van der Waals surface area contributed by atoms with Gasteiger partial charge in [0.25, 0.3) is 7.55 Å². The highest BCUT2D eigenvalue weighted by Gasteiger charge is 2.54. The molecule has 0 saturated heterocycles. The van der Waals surface area contributed by atoms with Crippen LogP contribution in [-0.4, -0.2) is 13.1 Å². The molecule has 0 aromatic heterocycles. The fourth-order valence-corrected chi connectivity index (χ4v) is 10.6. The molecule has 130 valence electrons. The fourth-order valence-electron chi connectivity index (χ4n) is 6.28. The van der Waals surface area contributed by atoms with Gasteiger partial charge in [0.15, 0.2) is 0 Å². The number of hydrogen-bond acceptors (Lipinski definition) is 1. The van der Waals surface area contributed by atoms with Gasteiger partial charge in [-0.3, -0.25) is 0 Å². The summed E-state index contributed by atoms with van der Waals surface area (Å²) in [5, 5.41) is 2.58. The topological polar surface area (TPSA) is 12.0 Å². The largest absolute Gasteiger partial charge is 0.313 e. The van der Waals surface area contributed by atoms with Gasteiger partial charge in [-0.25, -0.2) is 0 Å². The molecule has 4 saturated carbocycles. The highest BCUT2D eigenvalue weighted by molar-refractivity contribution is 7.32. The van der Waals surface area contributed by atoms with Crippen LogP contribution in [0.5, 0.6) is 0 Å². The van der Waals surface area contributed by atoms with Gasteiger partial charge >= 0.3 is 0 Å². The molecule has 0 unspecified atom stereocenters. The van der Waals surface area contributed by atoms with E-state index in [0.29, 0.717) is 0 Å². The van der Waals surface area contributed by atoms with Crippen molar-refractivity contribution in [2.75, 3.05) is 0 Å². The molecule has 2 aromatic rings. The van der Waals surface area contributed by atoms with Gasteiger partial charge < -0.3 is 4.98 Å². The Labute approximate surface area is 156 Å². The maximum atomic E-state index is 7.55. The van der Waals surface area contributed by atoms with Gasteiger partial charge in [-0.05, 0) is 66.7 Å². The zero-order chi connectivity index (χ0) is 16.9. The second-order valence-corrected chi connectivity index (χ2v) is 13.1. The molecule has 0 radical (unpaired) electrons. The van der Waals surface area contributed by atoms with Crippen LogP contribution in [0.1, 0.15) is 38.5 Å². The van der Waals surface area contributed by atoms with E-state index in [1.165, 1.54) is 48.9 Å². The summed E-state index contributed by atoms with van der Waals surface area (Å²) in [6.45, 7) is 0. The van der Waals surface area contributed by atoms with Crippen molar-refractivity contribution in [3.05, 3.63) is 60.7 Å². The van der Waals surface area contributed by atoms with Crippen LogP contribution in [0.25, 0.3) is 0 Å². The third kappa shape index (κ3) is 2.79. The summed E-state index contributed by atoms with van der Waals surface area (Å²) in [5.41, 5.74) is 0.272. The lowest BCUT2D eigenvalue weighted by Crippen LogP contribution is -2.74. The Balaban J connectivity index is 1.56. The summed E-state index contributed by atoms with van der Waals surface area (Å²) in [6, 6.07) is 21.6. The number of benzene rings is 2. The average Bonchev–Trinajstić information content (AvgIpc) is 2.61. The number of hydrogen-bond donors (Lipinski definition) is 1. The number of halogens is 1. The Morgan fingerprint density at radius 3 is 1.52 bits per heavy atom. The molecule has 0 spiro atoms. The Morgan fingerprint density at radius 1 is 0.720 bits per heavy atom. The molecule has 1 N–H and O–H groups in total. The van der Waals surface area contributed by atoms with E-state index in [4.69, 9.17) is 11.1 Å². The number of nitrogens with one attached hydrogen (secondary N) is 1. The van der Waals surface area contributed by atoms with Gasteiger partial charge in [-0.15, -0.1) is 11.1 Å². The average molecular weight is 368 g/mol. The van der Waals surface area contributed by atoms with Gasteiger partial charge in [0.2, 0.25) is 0 Å². The molecule has 1 nitrogen and oxygen atoms in total. The van der Waals surface area contributed by atoms with Gasteiger partial charge in [0, 0.05) is 5.54 Å². The minimum atomic E-state index is -2.46. The molecule has 0 amide bonds. The predicted octanol–water partition coefficient (Wildman–Crippen LogP) is 4.04. The minimum absolute atomic E-state index is 0.272. The zero-order valence-electron chi connectivity index (χ0n) is 14.6. The van der Waals surface area contributed by atoms with Crippen LogP contribution in [0, 0.1) is 17.8 Å². The first-order chi connectivity index (χ1) is 12.2. The van der Waals surface area contributed by atoms with E-state index >= 15 is 0 Å². The van der Waals surface area contributed by atoms with Crippen molar-refractivity contribution < 1.29 is 0 Å². The van der Waals surface area contributed by atoms with Crippen LogP contribution in [0.3, 0.4) is 0 Å². The Morgan fingerprint density at radius 2 is 1.12 bits per heavy atom. The standard InChI is InChI=1S/C22H26ClNSi/c23-25(20-7-3-1-4-8-20,21-9-5-2-6-10-21)24-22-14-17-11-18(15-22)13-19(12-17)16-22/h1-10,17-19,24H,11-16H2. The predicted molar refractivity (Wildman–Crippen MR) is 108 cm³/mol. The van der Waals surface area contributed by atoms with Gasteiger partial charge in [-0.1, -0.05) is 60.7 Å². The molecule has 0 heterocycles. The molecule has 2 aromatic carbocycles. The third-order valence-corrected chi connectivity index (χ3v) is 11.5. The van der Waals surface area contributed by atoms with E-state index in [1.807, 2.05) is 0 Å². The first-order valence-electron chi connectivity index (χ1n) is 9.75. The lowest BCUT2D eigenvalue weighted by atomic mass is 9.53. The third-order valence-electron chi connectivity index (χ3n) is 6.82. The van der Waals surface area contributed by atoms with Crippen molar-refractivity contribution in [2.45, 2.75) is 44.1 Å². The maximum Gasteiger partial charge on any atom is 0.289 e. The van der Waals surface area contributed by atoms with Crippen LogP contribution >= 0.6 is 11.1 Å². The summed E-state index contributed by atoms with van der Waals surface area (Å²) in [5.74, 6) is 2.79. The second-order valence-electron chi connectivity index (χ2n) is 8.71. The quantitative estimate of drug-likeness (QED) is 0.635. The van der Waals surface area contributed by atoms with E-state index in [0.717, 1.165) is 17.8 Å². The number of rotatable bonds is 4. The normalized spacial score (nSPS) is 33.6. The first-order valence-corrected chi connectivity index (χ1v) is 12.8. The van der Waals surface area contributed by atoms with Crippen molar-refractivity contribution in [1.29, 1.82) is 0 Å². The van der Waals surface area contributed by atoms with E-state index in [1.54, 1.807) is 0 Å². The molecule has 4 bridgehead atoms. The van der Waals surface area contributed by atoms with Crippen LogP contribution in [0.15, 0.2) is 60.7 Å². The lowest BCUT2D eigenvalue weighted by Gasteiger charge is -2.58. The molecular formula is C22H26ClNSi. The molecular weight excluding hydrogens is 342 g/mol. The fraction of sp³-hybridized carbons (Fsp3) is 0.455. The molecule has 4 aliphatic carbocycles. The highest BCUT2D eigenvalue weighted by Crippen LogP contribution is 2.56. The monoisotopic (exact) mass is 367 g/mol. The van der Waals surface area contributed by atoms with E-state index < -0.39 is 7.55 Å². The first kappa shape index (κ1) is 16.1. The summed E-state index contributed by atoms with van der Waals surface area (Å²) >= 11 is 7.55. The summed E-state index contributed by atoms with van der Waals surface area (Å²) < 4.78 is 0. The maximum absolute atomic E-state index is 7.55. The van der Waals surface area contributed by atoms with Crippen LogP contribution < -0.4 is 15.4 Å². The SMILES string of the molecule is Cl[Si](NC12CC3CC(CC(C3)C1)C2)(c1ccccc1)c1ccccc1. The molecule has 0 aliphatic heterocycles. The molecule has 3 heteroatoms. The molecule has 4 aliphatic rings. The Kier molecular flexibility index (Phi) is 3.85.